The van der Waals surface area contributed by atoms with Crippen LogP contribution in [0.2, 0.25) is 5.02 Å². The maximum Gasteiger partial charge on any atom is 0.404 e. The van der Waals surface area contributed by atoms with Gasteiger partial charge in [-0.2, -0.15) is 4.98 Å². The third kappa shape index (κ3) is 6.23. The number of aromatic amines is 1. The van der Waals surface area contributed by atoms with Gasteiger partial charge in [-0.1, -0.05) is 53.6 Å². The SMILES string of the molecule is Cc1cccc(-c2c(Cl)cccc2C(O)(CCCNC(=O)O)C2CCCN(C(=O)c3c[nH]c(N)nc3=O)C2)c1. The number of carbonyl (C=O) groups is 2. The zero-order chi connectivity index (χ0) is 28.2. The van der Waals surface area contributed by atoms with E-state index in [4.69, 9.17) is 22.4 Å². The molecule has 1 aromatic heterocycles. The van der Waals surface area contributed by atoms with Crippen molar-refractivity contribution in [2.75, 3.05) is 25.4 Å². The number of aliphatic hydroxyl groups is 1. The highest BCUT2D eigenvalue weighted by molar-refractivity contribution is 6.33. The van der Waals surface area contributed by atoms with Gasteiger partial charge in [0, 0.05) is 42.3 Å². The van der Waals surface area contributed by atoms with Crippen molar-refractivity contribution >= 4 is 29.5 Å². The zero-order valence-corrected chi connectivity index (χ0v) is 22.4. The zero-order valence-electron chi connectivity index (χ0n) is 21.6. The first kappa shape index (κ1) is 28.1. The summed E-state index contributed by atoms with van der Waals surface area (Å²) in [6.45, 7) is 2.73. The summed E-state index contributed by atoms with van der Waals surface area (Å²) in [5.41, 5.74) is 6.43. The monoisotopic (exact) mass is 553 g/mol. The molecule has 2 unspecified atom stereocenters. The van der Waals surface area contributed by atoms with Crippen LogP contribution in [0, 0.1) is 12.8 Å². The van der Waals surface area contributed by atoms with E-state index in [2.05, 4.69) is 15.3 Å². The largest absolute Gasteiger partial charge is 0.465 e. The van der Waals surface area contributed by atoms with Crippen LogP contribution in [-0.2, 0) is 5.60 Å². The van der Waals surface area contributed by atoms with Crippen molar-refractivity contribution in [3.05, 3.63) is 80.7 Å². The quantitative estimate of drug-likeness (QED) is 0.265. The highest BCUT2D eigenvalue weighted by Gasteiger charge is 2.43. The lowest BCUT2D eigenvalue weighted by Crippen LogP contribution is -2.49. The average Bonchev–Trinajstić information content (AvgIpc) is 2.90. The summed E-state index contributed by atoms with van der Waals surface area (Å²) >= 11 is 6.73. The Morgan fingerprint density at radius 3 is 2.77 bits per heavy atom. The molecule has 1 fully saturated rings. The molecule has 1 saturated heterocycles. The maximum atomic E-state index is 13.3. The number of aryl methyl sites for hydroxylation is 1. The number of rotatable bonds is 8. The highest BCUT2D eigenvalue weighted by atomic mass is 35.5. The normalized spacial score (nSPS) is 16.9. The van der Waals surface area contributed by atoms with E-state index < -0.39 is 29.1 Å². The molecule has 6 N–H and O–H groups in total. The molecule has 10 nitrogen and oxygen atoms in total. The molecule has 1 aliphatic heterocycles. The van der Waals surface area contributed by atoms with Crippen LogP contribution in [0.1, 0.15) is 47.2 Å². The molecule has 0 aliphatic carbocycles. The van der Waals surface area contributed by atoms with Crippen molar-refractivity contribution < 1.29 is 19.8 Å². The number of anilines is 1. The number of piperidine rings is 1. The molecular weight excluding hydrogens is 522 g/mol. The molecule has 2 amide bonds. The number of nitrogens with zero attached hydrogens (tertiary/aromatic N) is 2. The van der Waals surface area contributed by atoms with Crippen LogP contribution in [-0.4, -0.2) is 56.7 Å². The number of carbonyl (C=O) groups excluding carboxylic acids is 1. The number of carboxylic acid groups (broad SMARTS) is 1. The van der Waals surface area contributed by atoms with Gasteiger partial charge in [-0.25, -0.2) is 4.79 Å². The Labute approximate surface area is 230 Å². The minimum Gasteiger partial charge on any atom is -0.465 e. The second-order valence-electron chi connectivity index (χ2n) is 9.89. The summed E-state index contributed by atoms with van der Waals surface area (Å²) < 4.78 is 0. The molecule has 2 heterocycles. The van der Waals surface area contributed by atoms with Crippen LogP contribution in [0.15, 0.2) is 53.5 Å². The Bertz CT molecular complexity index is 1430. The molecule has 39 heavy (non-hydrogen) atoms. The molecule has 0 radical (unpaired) electrons. The fourth-order valence-electron chi connectivity index (χ4n) is 5.38. The van der Waals surface area contributed by atoms with E-state index in [-0.39, 0.29) is 31.0 Å². The van der Waals surface area contributed by atoms with Crippen molar-refractivity contribution in [2.24, 2.45) is 5.92 Å². The number of likely N-dealkylation sites (tertiary alicyclic amines) is 1. The minimum atomic E-state index is -1.45. The van der Waals surface area contributed by atoms with Gasteiger partial charge in [-0.05, 0) is 49.8 Å². The number of nitrogens with two attached hydrogens (primary N) is 1. The van der Waals surface area contributed by atoms with E-state index in [9.17, 15) is 19.5 Å². The molecular formula is C28H32ClN5O5. The van der Waals surface area contributed by atoms with E-state index in [1.165, 1.54) is 6.20 Å². The van der Waals surface area contributed by atoms with Gasteiger partial charge in [-0.3, -0.25) is 9.59 Å². The van der Waals surface area contributed by atoms with Gasteiger partial charge in [0.05, 0.1) is 5.60 Å². The number of H-pyrrole nitrogens is 1. The second kappa shape index (κ2) is 11.9. The first-order valence-corrected chi connectivity index (χ1v) is 13.2. The molecule has 2 atom stereocenters. The van der Waals surface area contributed by atoms with Gasteiger partial charge in [0.25, 0.3) is 11.5 Å². The summed E-state index contributed by atoms with van der Waals surface area (Å²) in [6.07, 6.45) is 1.92. The first-order chi connectivity index (χ1) is 18.6. The minimum absolute atomic E-state index is 0.0814. The van der Waals surface area contributed by atoms with Gasteiger partial charge >= 0.3 is 6.09 Å². The Kier molecular flexibility index (Phi) is 8.57. The lowest BCUT2D eigenvalue weighted by atomic mass is 9.72. The van der Waals surface area contributed by atoms with E-state index >= 15 is 0 Å². The number of hydrogen-bond donors (Lipinski definition) is 5. The predicted molar refractivity (Wildman–Crippen MR) is 149 cm³/mol. The molecule has 1 aliphatic rings. The standard InChI is InChI=1S/C28H32ClN5O5/c1-17-6-2-7-18(14-17)23-21(9-3-10-22(23)29)28(39,11-5-12-31-27(37)38)19-8-4-13-34(16-19)25(36)20-15-32-26(30)33-24(20)35/h2-3,6-7,9-10,14-15,19,31,39H,4-5,8,11-13,16H2,1H3,(H,37,38)(H3,30,32,33,35). The van der Waals surface area contributed by atoms with Crippen LogP contribution in [0.3, 0.4) is 0 Å². The van der Waals surface area contributed by atoms with Crippen LogP contribution >= 0.6 is 11.6 Å². The fourth-order valence-corrected chi connectivity index (χ4v) is 5.66. The Morgan fingerprint density at radius 1 is 1.28 bits per heavy atom. The molecule has 11 heteroatoms. The van der Waals surface area contributed by atoms with E-state index in [1.807, 2.05) is 37.3 Å². The molecule has 3 aromatic rings. The molecule has 4 rings (SSSR count). The summed E-state index contributed by atoms with van der Waals surface area (Å²) in [4.78, 5) is 44.5. The molecule has 0 spiro atoms. The van der Waals surface area contributed by atoms with Crippen LogP contribution in [0.4, 0.5) is 10.7 Å². The number of hydrogen-bond acceptors (Lipinski definition) is 6. The number of halogens is 1. The first-order valence-electron chi connectivity index (χ1n) is 12.8. The summed E-state index contributed by atoms with van der Waals surface area (Å²) in [7, 11) is 0. The molecule has 206 valence electrons. The van der Waals surface area contributed by atoms with Gasteiger partial charge in [-0.15, -0.1) is 0 Å². The fraction of sp³-hybridized carbons (Fsp3) is 0.357. The lowest BCUT2D eigenvalue weighted by molar-refractivity contribution is -0.0563. The van der Waals surface area contributed by atoms with Crippen molar-refractivity contribution in [2.45, 2.75) is 38.2 Å². The highest BCUT2D eigenvalue weighted by Crippen LogP contribution is 2.45. The van der Waals surface area contributed by atoms with Gasteiger partial charge < -0.3 is 31.1 Å². The number of amides is 2. The number of aromatic nitrogens is 2. The van der Waals surface area contributed by atoms with Gasteiger partial charge in [0.1, 0.15) is 5.56 Å². The Balaban J connectivity index is 1.73. The molecule has 0 saturated carbocycles. The average molecular weight is 554 g/mol. The van der Waals surface area contributed by atoms with Gasteiger partial charge in [0.2, 0.25) is 5.95 Å². The number of benzene rings is 2. The Hall–Kier alpha value is -3.89. The predicted octanol–water partition coefficient (Wildman–Crippen LogP) is 3.77. The summed E-state index contributed by atoms with van der Waals surface area (Å²) in [6, 6.07) is 13.2. The topological polar surface area (TPSA) is 162 Å². The van der Waals surface area contributed by atoms with Crippen molar-refractivity contribution in [3.8, 4) is 11.1 Å². The van der Waals surface area contributed by atoms with Crippen molar-refractivity contribution in [1.82, 2.24) is 20.2 Å². The van der Waals surface area contributed by atoms with Crippen molar-refractivity contribution in [1.29, 1.82) is 0 Å². The lowest BCUT2D eigenvalue weighted by Gasteiger charge is -2.43. The molecule has 0 bridgehead atoms. The summed E-state index contributed by atoms with van der Waals surface area (Å²) in [5.74, 6) is -0.988. The third-order valence-electron chi connectivity index (χ3n) is 7.23. The van der Waals surface area contributed by atoms with Crippen molar-refractivity contribution in [3.63, 3.8) is 0 Å². The Morgan fingerprint density at radius 2 is 2.05 bits per heavy atom. The smallest absolute Gasteiger partial charge is 0.404 e. The van der Waals surface area contributed by atoms with Crippen LogP contribution < -0.4 is 16.6 Å². The number of nitrogen functional groups attached to an aromatic ring is 1. The summed E-state index contributed by atoms with van der Waals surface area (Å²) in [5, 5.41) is 24.4. The van der Waals surface area contributed by atoms with Crippen LogP contribution in [0.5, 0.6) is 0 Å². The van der Waals surface area contributed by atoms with Gasteiger partial charge in [0.15, 0.2) is 0 Å². The molecule has 2 aromatic carbocycles. The van der Waals surface area contributed by atoms with E-state index in [0.717, 1.165) is 11.1 Å². The number of nitrogens with one attached hydrogen (secondary N) is 2. The van der Waals surface area contributed by atoms with E-state index in [1.54, 1.807) is 17.0 Å². The maximum absolute atomic E-state index is 13.3. The van der Waals surface area contributed by atoms with E-state index in [0.29, 0.717) is 42.0 Å². The second-order valence-corrected chi connectivity index (χ2v) is 10.3. The third-order valence-corrected chi connectivity index (χ3v) is 7.54. The van der Waals surface area contributed by atoms with Crippen LogP contribution in [0.25, 0.3) is 11.1 Å².